The van der Waals surface area contributed by atoms with Gasteiger partial charge < -0.3 is 14.4 Å². The number of aryl methyl sites for hydroxylation is 1. The van der Waals surface area contributed by atoms with Gasteiger partial charge in [-0.05, 0) is 68.6 Å². The lowest BCUT2D eigenvalue weighted by atomic mass is 9.90. The topological polar surface area (TPSA) is 149 Å². The molecule has 3 aromatic rings. The molecule has 2 amide bonds. The molecule has 0 unspecified atom stereocenters. The highest BCUT2D eigenvalue weighted by Crippen LogP contribution is 2.57. The number of cyclic esters (lactones) is 1. The van der Waals surface area contributed by atoms with Gasteiger partial charge in [-0.15, -0.1) is 6.58 Å². The number of esters is 1. The smallest absolute Gasteiger partial charge is 0.306 e. The van der Waals surface area contributed by atoms with Crippen LogP contribution in [0.2, 0.25) is 0 Å². The number of ether oxygens (including phenoxy) is 2. The van der Waals surface area contributed by atoms with Gasteiger partial charge in [0.15, 0.2) is 5.78 Å². The van der Waals surface area contributed by atoms with Gasteiger partial charge in [0, 0.05) is 35.8 Å². The summed E-state index contributed by atoms with van der Waals surface area (Å²) in [6.45, 7) is 6.27. The number of amides is 2. The van der Waals surface area contributed by atoms with E-state index in [9.17, 15) is 27.6 Å². The summed E-state index contributed by atoms with van der Waals surface area (Å²) in [6.07, 6.45) is 9.73. The normalized spacial score (nSPS) is 26.0. The van der Waals surface area contributed by atoms with Crippen molar-refractivity contribution in [3.63, 3.8) is 0 Å². The second kappa shape index (κ2) is 17.5. The molecule has 304 valence electrons. The number of Topliss-reactive ketones (excluding diaryl/α,β-unsaturated/α-hetero) is 1. The molecule has 5 atom stereocenters. The third-order valence-electron chi connectivity index (χ3n) is 12.2. The molecular formula is C45H55N3O8S. The largest absolute Gasteiger partial charge is 0.488 e. The first-order valence-electron chi connectivity index (χ1n) is 20.8. The number of nitrogens with zero attached hydrogens (tertiary/aromatic N) is 2. The van der Waals surface area contributed by atoms with Gasteiger partial charge in [0.1, 0.15) is 11.9 Å². The minimum Gasteiger partial charge on any atom is -0.488 e. The second-order valence-electron chi connectivity index (χ2n) is 16.5. The number of hydrogen-bond acceptors (Lipinski definition) is 9. The molecule has 2 aliphatic heterocycles. The molecular weight excluding hydrogens is 743 g/mol. The van der Waals surface area contributed by atoms with Crippen LogP contribution >= 0.6 is 0 Å². The molecule has 7 rings (SSSR count). The number of carbonyl (C=O) groups is 4. The molecule has 2 aliphatic carbocycles. The lowest BCUT2D eigenvalue weighted by molar-refractivity contribution is -0.150. The number of nitrogens with one attached hydrogen (secondary N) is 1. The van der Waals surface area contributed by atoms with Crippen LogP contribution in [-0.2, 0) is 40.4 Å². The Hall–Kier alpha value is -4.58. The number of unbranched alkanes of at least 4 members (excludes halogenated alkanes) is 1. The van der Waals surface area contributed by atoms with Crippen molar-refractivity contribution in [1.82, 2.24) is 14.6 Å². The van der Waals surface area contributed by atoms with Crippen molar-refractivity contribution in [3.8, 4) is 17.0 Å². The number of pyridine rings is 1. The Morgan fingerprint density at radius 1 is 1.04 bits per heavy atom. The molecule has 4 bridgehead atoms. The van der Waals surface area contributed by atoms with E-state index in [4.69, 9.17) is 14.5 Å². The summed E-state index contributed by atoms with van der Waals surface area (Å²) >= 11 is 0. The highest BCUT2D eigenvalue weighted by molar-refractivity contribution is 7.90. The molecule has 11 nitrogen and oxygen atoms in total. The standard InChI is InChI=1S/C45H55N3O8S/c1-3-5-15-32-24-42(50)55-22-13-8-6-7-10-14-30-18-21-37-36(23-30)41(26-38(46-37)31-16-11-9-12-17-31)56-34-25-39(48(29-34)43(32)51)40(49)28-45(27-33(45)4-2)44(52)47-57(53,54)35-19-20-35/h4,9,11-12,16-18,21,23,26,32-35,39H,2-3,5-8,10,13-15,19-20,22,24-25,27-29H2,1H3,(H,47,52)/t32-,33-,34-,39+,45-/m1/s1. The fraction of sp³-hybridized carbons (Fsp3) is 0.533. The molecule has 0 radical (unpaired) electrons. The highest BCUT2D eigenvalue weighted by Gasteiger charge is 2.61. The maximum atomic E-state index is 14.6. The number of ketones is 1. The molecule has 0 spiro atoms. The first kappa shape index (κ1) is 40.6. The van der Waals surface area contributed by atoms with E-state index in [1.165, 1.54) is 0 Å². The quantitative estimate of drug-likeness (QED) is 0.156. The van der Waals surface area contributed by atoms with Crippen LogP contribution in [0.5, 0.6) is 5.75 Å². The Bertz CT molecular complexity index is 2100. The summed E-state index contributed by atoms with van der Waals surface area (Å²) in [5.41, 5.74) is 2.31. The number of rotatable bonds is 11. The molecule has 2 saturated carbocycles. The SMILES string of the molecule is C=C[C@@H]1C[C@]1(CC(=O)[C@@H]1C[C@@H]2CN1C(=O)[C@H](CCCC)CC(=O)OCCCCCCCc1ccc3nc(-c4ccccc4)cc(c3c1)O2)C(=O)NS(=O)(=O)C1CC1. The van der Waals surface area contributed by atoms with Crippen molar-refractivity contribution >= 4 is 44.5 Å². The number of sulfonamides is 1. The number of carbonyl (C=O) groups excluding carboxylic acids is 4. The average molecular weight is 798 g/mol. The van der Waals surface area contributed by atoms with Crippen LogP contribution < -0.4 is 9.46 Å². The fourth-order valence-electron chi connectivity index (χ4n) is 8.58. The summed E-state index contributed by atoms with van der Waals surface area (Å²) in [5, 5.41) is 0.245. The highest BCUT2D eigenvalue weighted by atomic mass is 32.2. The zero-order chi connectivity index (χ0) is 40.2. The predicted molar refractivity (Wildman–Crippen MR) is 218 cm³/mol. The first-order chi connectivity index (χ1) is 27.5. The van der Waals surface area contributed by atoms with Gasteiger partial charge in [0.05, 0.1) is 47.5 Å². The predicted octanol–water partition coefficient (Wildman–Crippen LogP) is 7.26. The number of aromatic nitrogens is 1. The van der Waals surface area contributed by atoms with Crippen molar-refractivity contribution < 1.29 is 37.1 Å². The van der Waals surface area contributed by atoms with Crippen molar-refractivity contribution in [2.24, 2.45) is 17.3 Å². The first-order valence-corrected chi connectivity index (χ1v) is 22.4. The number of hydrogen-bond donors (Lipinski definition) is 1. The molecule has 3 heterocycles. The molecule has 57 heavy (non-hydrogen) atoms. The Balaban J connectivity index is 1.23. The monoisotopic (exact) mass is 797 g/mol. The molecule has 12 heteroatoms. The lowest BCUT2D eigenvalue weighted by Gasteiger charge is -2.29. The van der Waals surface area contributed by atoms with E-state index in [1.807, 2.05) is 49.4 Å². The summed E-state index contributed by atoms with van der Waals surface area (Å²) in [7, 11) is -3.85. The van der Waals surface area contributed by atoms with Gasteiger partial charge in [-0.25, -0.2) is 13.4 Å². The van der Waals surface area contributed by atoms with E-state index in [0.29, 0.717) is 38.0 Å². The van der Waals surface area contributed by atoms with Gasteiger partial charge >= 0.3 is 5.97 Å². The van der Waals surface area contributed by atoms with E-state index < -0.39 is 50.6 Å². The van der Waals surface area contributed by atoms with E-state index in [2.05, 4.69) is 23.4 Å². The van der Waals surface area contributed by atoms with Crippen LogP contribution in [0.25, 0.3) is 22.2 Å². The van der Waals surface area contributed by atoms with E-state index >= 15 is 0 Å². The molecule has 4 aliphatic rings. The molecule has 1 aromatic heterocycles. The third kappa shape index (κ3) is 9.43. The summed E-state index contributed by atoms with van der Waals surface area (Å²) in [5.74, 6) is -2.28. The molecule has 2 aromatic carbocycles. The zero-order valence-electron chi connectivity index (χ0n) is 33.0. The van der Waals surface area contributed by atoms with Gasteiger partial charge in [-0.3, -0.25) is 23.9 Å². The van der Waals surface area contributed by atoms with Crippen LogP contribution in [0.3, 0.4) is 0 Å². The fourth-order valence-corrected chi connectivity index (χ4v) is 9.96. The van der Waals surface area contributed by atoms with Crippen LogP contribution in [0, 0.1) is 17.3 Å². The van der Waals surface area contributed by atoms with Gasteiger partial charge in [-0.2, -0.15) is 0 Å². The summed E-state index contributed by atoms with van der Waals surface area (Å²) in [6, 6.07) is 17.1. The van der Waals surface area contributed by atoms with Gasteiger partial charge in [0.25, 0.3) is 0 Å². The Morgan fingerprint density at radius 2 is 1.81 bits per heavy atom. The minimum atomic E-state index is -3.85. The number of allylic oxidation sites excluding steroid dienone is 1. The van der Waals surface area contributed by atoms with Crippen molar-refractivity contribution in [2.75, 3.05) is 13.2 Å². The maximum Gasteiger partial charge on any atom is 0.306 e. The van der Waals surface area contributed by atoms with E-state index in [-0.39, 0.29) is 49.8 Å². The number of fused-ring (bicyclic) bond motifs is 3. The maximum absolute atomic E-state index is 14.6. The Morgan fingerprint density at radius 3 is 2.54 bits per heavy atom. The van der Waals surface area contributed by atoms with E-state index in [1.54, 1.807) is 11.0 Å². The third-order valence-corrected chi connectivity index (χ3v) is 14.0. The van der Waals surface area contributed by atoms with Crippen molar-refractivity contribution in [1.29, 1.82) is 0 Å². The van der Waals surface area contributed by atoms with Crippen molar-refractivity contribution in [2.45, 2.75) is 121 Å². The number of benzene rings is 2. The van der Waals surface area contributed by atoms with Gasteiger partial charge in [-0.1, -0.05) is 81.5 Å². The van der Waals surface area contributed by atoms with Gasteiger partial charge in [0.2, 0.25) is 21.8 Å². The van der Waals surface area contributed by atoms with Crippen LogP contribution in [0.1, 0.15) is 102 Å². The summed E-state index contributed by atoms with van der Waals surface area (Å²) in [4.78, 5) is 62.6. The van der Waals surface area contributed by atoms with Crippen LogP contribution in [-0.4, -0.2) is 72.4 Å². The average Bonchev–Trinajstić information content (AvgIpc) is 4.14. The van der Waals surface area contributed by atoms with E-state index in [0.717, 1.165) is 72.7 Å². The van der Waals surface area contributed by atoms with Crippen molar-refractivity contribution in [3.05, 3.63) is 72.8 Å². The molecule has 3 fully saturated rings. The summed E-state index contributed by atoms with van der Waals surface area (Å²) < 4.78 is 40.4. The lowest BCUT2D eigenvalue weighted by Crippen LogP contribution is -2.46. The zero-order valence-corrected chi connectivity index (χ0v) is 33.8. The Kier molecular flexibility index (Phi) is 12.5. The Labute approximate surface area is 336 Å². The second-order valence-corrected chi connectivity index (χ2v) is 18.5. The molecule has 1 saturated heterocycles. The molecule has 1 N–H and O–H groups in total. The minimum absolute atomic E-state index is 0.0934. The van der Waals surface area contributed by atoms with Crippen LogP contribution in [0.4, 0.5) is 0 Å². The van der Waals surface area contributed by atoms with Crippen LogP contribution in [0.15, 0.2) is 67.3 Å².